The molecule has 0 saturated heterocycles. The fourth-order valence-corrected chi connectivity index (χ4v) is 5.50. The normalized spacial score (nSPS) is 14.1. The number of ether oxygens (including phenoxy) is 2. The van der Waals surface area contributed by atoms with E-state index in [-0.39, 0.29) is 31.0 Å². The number of nitrogens with one attached hydrogen (secondary N) is 1. The van der Waals surface area contributed by atoms with E-state index in [4.69, 9.17) is 21.1 Å². The fraction of sp³-hybridized carbons (Fsp3) is 0.333. The smallest absolute Gasteiger partial charge is 0.261 e. The van der Waals surface area contributed by atoms with Gasteiger partial charge in [0.05, 0.1) is 11.6 Å². The van der Waals surface area contributed by atoms with Gasteiger partial charge in [0.2, 0.25) is 5.91 Å². The summed E-state index contributed by atoms with van der Waals surface area (Å²) in [5, 5.41) is 3.77. The van der Waals surface area contributed by atoms with Gasteiger partial charge in [-0.2, -0.15) is 0 Å². The molecule has 1 unspecified atom stereocenters. The van der Waals surface area contributed by atoms with Gasteiger partial charge in [-0.1, -0.05) is 66.9 Å². The van der Waals surface area contributed by atoms with Crippen molar-refractivity contribution >= 4 is 39.3 Å². The molecule has 3 aromatic carbocycles. The van der Waals surface area contributed by atoms with Crippen molar-refractivity contribution in [2.24, 2.45) is 0 Å². The van der Waals surface area contributed by atoms with Gasteiger partial charge in [0, 0.05) is 24.0 Å². The molecule has 1 atom stereocenters. The molecule has 6 nitrogen and oxygen atoms in total. The highest BCUT2D eigenvalue weighted by molar-refractivity contribution is 9.10. The zero-order chi connectivity index (χ0) is 26.9. The van der Waals surface area contributed by atoms with Crippen LogP contribution in [0.25, 0.3) is 0 Å². The van der Waals surface area contributed by atoms with Crippen molar-refractivity contribution in [3.8, 4) is 11.5 Å². The monoisotopic (exact) mass is 598 g/mol. The van der Waals surface area contributed by atoms with Crippen LogP contribution in [0.5, 0.6) is 11.5 Å². The summed E-state index contributed by atoms with van der Waals surface area (Å²) in [6, 6.07) is 21.9. The Bertz CT molecular complexity index is 1230. The molecule has 0 aromatic heterocycles. The minimum Gasteiger partial charge on any atom is -0.497 e. The number of amides is 2. The maximum absolute atomic E-state index is 13.8. The first kappa shape index (κ1) is 28.0. The molecule has 38 heavy (non-hydrogen) atoms. The summed E-state index contributed by atoms with van der Waals surface area (Å²) >= 11 is 9.49. The van der Waals surface area contributed by atoms with E-state index in [1.165, 1.54) is 0 Å². The largest absolute Gasteiger partial charge is 0.497 e. The van der Waals surface area contributed by atoms with Crippen LogP contribution in [-0.2, 0) is 22.6 Å². The third-order valence-corrected chi connectivity index (χ3v) is 7.56. The second-order valence-corrected chi connectivity index (χ2v) is 10.7. The molecule has 2 amide bonds. The minimum atomic E-state index is -0.714. The van der Waals surface area contributed by atoms with Crippen LogP contribution < -0.4 is 14.8 Å². The van der Waals surface area contributed by atoms with Gasteiger partial charge in [0.1, 0.15) is 17.5 Å². The highest BCUT2D eigenvalue weighted by Gasteiger charge is 2.32. The first-order valence-corrected chi connectivity index (χ1v) is 13.9. The molecule has 8 heteroatoms. The zero-order valence-electron chi connectivity index (χ0n) is 21.4. The zero-order valence-corrected chi connectivity index (χ0v) is 23.7. The standard InChI is InChI=1S/C30H32BrClN2O4/c1-37-25-13-7-10-22(16-25)19-34(29(35)20-38-28-15-14-23(32)18-26(28)31)27(17-21-8-3-2-4-9-21)30(36)33-24-11-5-6-12-24/h2-4,7-10,13-16,18,24,27H,5-6,11-12,17,19-20H2,1H3,(H,33,36). The van der Waals surface area contributed by atoms with E-state index in [9.17, 15) is 9.59 Å². The van der Waals surface area contributed by atoms with Crippen molar-refractivity contribution in [2.45, 2.75) is 50.7 Å². The van der Waals surface area contributed by atoms with Crippen LogP contribution in [0.4, 0.5) is 0 Å². The molecule has 1 saturated carbocycles. The van der Waals surface area contributed by atoms with Gasteiger partial charge >= 0.3 is 0 Å². The lowest BCUT2D eigenvalue weighted by Gasteiger charge is -2.32. The number of hydrogen-bond acceptors (Lipinski definition) is 4. The molecule has 200 valence electrons. The van der Waals surface area contributed by atoms with Gasteiger partial charge in [0.15, 0.2) is 6.61 Å². The van der Waals surface area contributed by atoms with Crippen LogP contribution in [0, 0.1) is 0 Å². The summed E-state index contributed by atoms with van der Waals surface area (Å²) in [5.74, 6) is 0.743. The van der Waals surface area contributed by atoms with Gasteiger partial charge in [-0.25, -0.2) is 0 Å². The molecule has 1 N–H and O–H groups in total. The SMILES string of the molecule is COc1cccc(CN(C(=O)COc2ccc(Cl)cc2Br)C(Cc2ccccc2)C(=O)NC2CCCC2)c1. The Morgan fingerprint density at radius 2 is 1.76 bits per heavy atom. The highest BCUT2D eigenvalue weighted by Crippen LogP contribution is 2.28. The highest BCUT2D eigenvalue weighted by atomic mass is 79.9. The summed E-state index contributed by atoms with van der Waals surface area (Å²) < 4.78 is 11.9. The lowest BCUT2D eigenvalue weighted by atomic mass is 10.0. The summed E-state index contributed by atoms with van der Waals surface area (Å²) in [4.78, 5) is 29.1. The Labute approximate surface area is 237 Å². The van der Waals surface area contributed by atoms with Gasteiger partial charge in [-0.05, 0) is 70.2 Å². The Morgan fingerprint density at radius 3 is 2.47 bits per heavy atom. The van der Waals surface area contributed by atoms with Crippen LogP contribution >= 0.6 is 27.5 Å². The molecule has 1 fully saturated rings. The lowest BCUT2D eigenvalue weighted by molar-refractivity contribution is -0.143. The number of nitrogens with zero attached hydrogens (tertiary/aromatic N) is 1. The number of methoxy groups -OCH3 is 1. The second kappa shape index (κ2) is 13.7. The average molecular weight is 600 g/mol. The van der Waals surface area contributed by atoms with Gasteiger partial charge in [-0.15, -0.1) is 0 Å². The first-order valence-electron chi connectivity index (χ1n) is 12.8. The number of halogens is 2. The molecule has 0 bridgehead atoms. The van der Waals surface area contributed by atoms with Crippen molar-refractivity contribution in [2.75, 3.05) is 13.7 Å². The van der Waals surface area contributed by atoms with Crippen molar-refractivity contribution in [3.05, 3.63) is 93.4 Å². The third kappa shape index (κ3) is 7.74. The van der Waals surface area contributed by atoms with E-state index in [1.54, 1.807) is 30.2 Å². The number of carbonyl (C=O) groups excluding carboxylic acids is 2. The maximum Gasteiger partial charge on any atom is 0.261 e. The predicted octanol–water partition coefficient (Wildman–Crippen LogP) is 6.19. The van der Waals surface area contributed by atoms with Crippen LogP contribution in [-0.4, -0.2) is 42.5 Å². The molecule has 4 rings (SSSR count). The van der Waals surface area contributed by atoms with Gasteiger partial charge in [-0.3, -0.25) is 9.59 Å². The Balaban J connectivity index is 1.63. The van der Waals surface area contributed by atoms with Crippen LogP contribution in [0.1, 0.15) is 36.8 Å². The van der Waals surface area contributed by atoms with Crippen LogP contribution in [0.15, 0.2) is 77.3 Å². The molecule has 0 aliphatic heterocycles. The fourth-order valence-electron chi connectivity index (χ4n) is 4.70. The van der Waals surface area contributed by atoms with E-state index in [2.05, 4.69) is 21.2 Å². The number of benzene rings is 3. The minimum absolute atomic E-state index is 0.135. The van der Waals surface area contributed by atoms with Crippen molar-refractivity contribution in [1.29, 1.82) is 0 Å². The van der Waals surface area contributed by atoms with E-state index in [1.807, 2.05) is 54.6 Å². The summed E-state index contributed by atoms with van der Waals surface area (Å²) in [6.45, 7) is 0.00294. The van der Waals surface area contributed by atoms with Crippen molar-refractivity contribution in [3.63, 3.8) is 0 Å². The molecule has 0 heterocycles. The van der Waals surface area contributed by atoms with Gasteiger partial charge in [0.25, 0.3) is 5.91 Å². The molecule has 0 spiro atoms. The summed E-state index contributed by atoms with van der Waals surface area (Å²) in [7, 11) is 1.60. The predicted molar refractivity (Wildman–Crippen MR) is 153 cm³/mol. The van der Waals surface area contributed by atoms with Crippen LogP contribution in [0.3, 0.4) is 0 Å². The molecule has 3 aromatic rings. The van der Waals surface area contributed by atoms with E-state index in [0.717, 1.165) is 36.8 Å². The Morgan fingerprint density at radius 1 is 1.03 bits per heavy atom. The first-order chi connectivity index (χ1) is 18.4. The van der Waals surface area contributed by atoms with E-state index in [0.29, 0.717) is 27.4 Å². The quantitative estimate of drug-likeness (QED) is 0.286. The van der Waals surface area contributed by atoms with Crippen LogP contribution in [0.2, 0.25) is 5.02 Å². The van der Waals surface area contributed by atoms with E-state index >= 15 is 0 Å². The summed E-state index contributed by atoms with van der Waals surface area (Å²) in [6.07, 6.45) is 4.51. The summed E-state index contributed by atoms with van der Waals surface area (Å²) in [5.41, 5.74) is 1.83. The molecular weight excluding hydrogens is 568 g/mol. The third-order valence-electron chi connectivity index (χ3n) is 6.70. The second-order valence-electron chi connectivity index (χ2n) is 9.43. The number of carbonyl (C=O) groups is 2. The maximum atomic E-state index is 13.8. The molecular formula is C30H32BrClN2O4. The number of rotatable bonds is 11. The van der Waals surface area contributed by atoms with E-state index < -0.39 is 6.04 Å². The molecule has 1 aliphatic carbocycles. The van der Waals surface area contributed by atoms with Gasteiger partial charge < -0.3 is 19.7 Å². The Kier molecular flexibility index (Phi) is 10.1. The lowest BCUT2D eigenvalue weighted by Crippen LogP contribution is -2.53. The number of hydrogen-bond donors (Lipinski definition) is 1. The molecule has 1 aliphatic rings. The molecule has 0 radical (unpaired) electrons. The Hall–Kier alpha value is -3.03. The average Bonchev–Trinajstić information content (AvgIpc) is 3.43. The van der Waals surface area contributed by atoms with Crippen molar-refractivity contribution < 1.29 is 19.1 Å². The topological polar surface area (TPSA) is 67.9 Å². The van der Waals surface area contributed by atoms with Crippen molar-refractivity contribution in [1.82, 2.24) is 10.2 Å².